The first-order valence-corrected chi connectivity index (χ1v) is 6.86. The van der Waals surface area contributed by atoms with Crippen LogP contribution in [0.2, 0.25) is 0 Å². The van der Waals surface area contributed by atoms with E-state index in [1.54, 1.807) is 0 Å². The summed E-state index contributed by atoms with van der Waals surface area (Å²) in [4.78, 5) is 2.44. The molecule has 1 aromatic carbocycles. The van der Waals surface area contributed by atoms with Gasteiger partial charge in [-0.2, -0.15) is 0 Å². The van der Waals surface area contributed by atoms with Gasteiger partial charge in [0.2, 0.25) is 0 Å². The van der Waals surface area contributed by atoms with Crippen LogP contribution in [0.5, 0.6) is 0 Å². The third-order valence-corrected chi connectivity index (χ3v) is 5.46. The molecule has 2 fully saturated rings. The van der Waals surface area contributed by atoms with Crippen LogP contribution in [0.3, 0.4) is 0 Å². The number of piperidine rings is 1. The molecule has 0 amide bonds. The van der Waals surface area contributed by atoms with Crippen molar-refractivity contribution in [3.05, 3.63) is 35.1 Å². The van der Waals surface area contributed by atoms with Gasteiger partial charge in [0.15, 0.2) is 0 Å². The minimum atomic E-state index is -0.479. The van der Waals surface area contributed by atoms with Crippen LogP contribution >= 0.6 is 0 Å². The fourth-order valence-corrected chi connectivity index (χ4v) is 4.62. The Labute approximate surface area is 106 Å². The molecule has 1 aliphatic carbocycles. The van der Waals surface area contributed by atoms with Crippen molar-refractivity contribution in [3.8, 4) is 0 Å². The minimum Gasteiger partial charge on any atom is -0.388 e. The van der Waals surface area contributed by atoms with Gasteiger partial charge in [-0.05, 0) is 55.5 Å². The molecule has 0 aromatic heterocycles. The number of halogens is 1. The van der Waals surface area contributed by atoms with Crippen LogP contribution < -0.4 is 0 Å². The lowest BCUT2D eigenvalue weighted by Gasteiger charge is -2.41. The molecule has 96 valence electrons. The zero-order chi connectivity index (χ0) is 12.4. The molecule has 3 heteroatoms. The van der Waals surface area contributed by atoms with E-state index in [2.05, 4.69) is 11.9 Å². The van der Waals surface area contributed by atoms with Gasteiger partial charge in [-0.25, -0.2) is 4.39 Å². The molecular formula is C15H18FNO. The standard InChI is InChI=1S/C15H18FNO/c1-17-9-3-5-13(17)14-11(7-9)10-4-2-8(16)6-12(10)15(14)18/h2,4,6,9,11,13-15,18H,3,5,7H2,1H3/t9?,11-,13?,14+,15-/m1/s1. The topological polar surface area (TPSA) is 23.5 Å². The number of hydrogen-bond acceptors (Lipinski definition) is 2. The second-order valence-electron chi connectivity index (χ2n) is 6.10. The Kier molecular flexibility index (Phi) is 2.16. The van der Waals surface area contributed by atoms with Crippen molar-refractivity contribution in [2.45, 2.75) is 43.4 Å². The number of fused-ring (bicyclic) bond motifs is 6. The molecule has 2 saturated heterocycles. The molecule has 2 unspecified atom stereocenters. The molecular weight excluding hydrogens is 229 g/mol. The van der Waals surface area contributed by atoms with Crippen molar-refractivity contribution < 1.29 is 9.50 Å². The van der Waals surface area contributed by atoms with E-state index < -0.39 is 6.10 Å². The van der Waals surface area contributed by atoms with E-state index in [9.17, 15) is 9.50 Å². The lowest BCUT2D eigenvalue weighted by molar-refractivity contribution is 0.0194. The molecule has 18 heavy (non-hydrogen) atoms. The van der Waals surface area contributed by atoms with Crippen LogP contribution in [0.4, 0.5) is 4.39 Å². The summed E-state index contributed by atoms with van der Waals surface area (Å²) in [7, 11) is 2.18. The maximum atomic E-state index is 13.4. The van der Waals surface area contributed by atoms with Gasteiger partial charge in [0.05, 0.1) is 6.10 Å². The van der Waals surface area contributed by atoms with Gasteiger partial charge >= 0.3 is 0 Å². The number of aliphatic hydroxyl groups excluding tert-OH is 1. The molecule has 5 atom stereocenters. The van der Waals surface area contributed by atoms with Crippen LogP contribution in [-0.2, 0) is 0 Å². The van der Waals surface area contributed by atoms with Crippen LogP contribution in [-0.4, -0.2) is 29.1 Å². The molecule has 3 aliphatic rings. The highest BCUT2D eigenvalue weighted by Gasteiger charge is 2.52. The molecule has 2 aliphatic heterocycles. The van der Waals surface area contributed by atoms with Gasteiger partial charge in [0, 0.05) is 18.0 Å². The summed E-state index contributed by atoms with van der Waals surface area (Å²) in [5.74, 6) is 0.472. The zero-order valence-corrected chi connectivity index (χ0v) is 10.5. The molecule has 0 saturated carbocycles. The van der Waals surface area contributed by atoms with Crippen molar-refractivity contribution in [2.75, 3.05) is 7.05 Å². The second-order valence-corrected chi connectivity index (χ2v) is 6.10. The Balaban J connectivity index is 1.82. The molecule has 2 bridgehead atoms. The number of hydrogen-bond donors (Lipinski definition) is 1. The van der Waals surface area contributed by atoms with Gasteiger partial charge in [0.25, 0.3) is 0 Å². The Morgan fingerprint density at radius 3 is 2.94 bits per heavy atom. The minimum absolute atomic E-state index is 0.232. The zero-order valence-electron chi connectivity index (χ0n) is 10.5. The van der Waals surface area contributed by atoms with Gasteiger partial charge < -0.3 is 10.0 Å². The molecule has 0 spiro atoms. The van der Waals surface area contributed by atoms with Crippen molar-refractivity contribution >= 4 is 0 Å². The van der Waals surface area contributed by atoms with Crippen LogP contribution in [0.1, 0.15) is 42.4 Å². The summed E-state index contributed by atoms with van der Waals surface area (Å²) >= 11 is 0. The molecule has 1 aromatic rings. The van der Waals surface area contributed by atoms with E-state index in [1.165, 1.54) is 30.5 Å². The first-order chi connectivity index (χ1) is 8.66. The third-order valence-electron chi connectivity index (χ3n) is 5.46. The van der Waals surface area contributed by atoms with E-state index in [0.29, 0.717) is 18.0 Å². The first kappa shape index (κ1) is 10.9. The second kappa shape index (κ2) is 3.55. The highest BCUT2D eigenvalue weighted by Crippen LogP contribution is 2.56. The Morgan fingerprint density at radius 2 is 2.11 bits per heavy atom. The van der Waals surface area contributed by atoms with Crippen molar-refractivity contribution in [1.29, 1.82) is 0 Å². The number of nitrogens with zero attached hydrogens (tertiary/aromatic N) is 1. The summed E-state index contributed by atoms with van der Waals surface area (Å²) in [5, 5.41) is 10.5. The monoisotopic (exact) mass is 247 g/mol. The summed E-state index contributed by atoms with van der Waals surface area (Å²) in [6.07, 6.45) is 3.06. The fraction of sp³-hybridized carbons (Fsp3) is 0.600. The molecule has 4 rings (SSSR count). The van der Waals surface area contributed by atoms with Crippen LogP contribution in [0.15, 0.2) is 18.2 Å². The smallest absolute Gasteiger partial charge is 0.123 e. The molecule has 2 heterocycles. The predicted molar refractivity (Wildman–Crippen MR) is 66.8 cm³/mol. The number of benzene rings is 1. The summed E-state index contributed by atoms with van der Waals surface area (Å²) in [6.45, 7) is 0. The highest BCUT2D eigenvalue weighted by molar-refractivity contribution is 5.41. The van der Waals surface area contributed by atoms with Crippen molar-refractivity contribution in [3.63, 3.8) is 0 Å². The van der Waals surface area contributed by atoms with E-state index in [0.717, 1.165) is 12.0 Å². The van der Waals surface area contributed by atoms with E-state index in [1.807, 2.05) is 6.07 Å². The fourth-order valence-electron chi connectivity index (χ4n) is 4.62. The number of rotatable bonds is 0. The van der Waals surface area contributed by atoms with Gasteiger partial charge in [-0.1, -0.05) is 6.07 Å². The largest absolute Gasteiger partial charge is 0.388 e. The summed E-state index contributed by atoms with van der Waals surface area (Å²) in [6, 6.07) is 6.09. The highest BCUT2D eigenvalue weighted by atomic mass is 19.1. The van der Waals surface area contributed by atoms with E-state index in [-0.39, 0.29) is 11.7 Å². The summed E-state index contributed by atoms with van der Waals surface area (Å²) < 4.78 is 13.4. The molecule has 0 radical (unpaired) electrons. The maximum absolute atomic E-state index is 13.4. The Morgan fingerprint density at radius 1 is 1.28 bits per heavy atom. The van der Waals surface area contributed by atoms with E-state index >= 15 is 0 Å². The Bertz CT molecular complexity index is 503. The third kappa shape index (κ3) is 1.24. The van der Waals surface area contributed by atoms with Crippen LogP contribution in [0, 0.1) is 11.7 Å². The maximum Gasteiger partial charge on any atom is 0.123 e. The summed E-state index contributed by atoms with van der Waals surface area (Å²) in [5.41, 5.74) is 2.03. The SMILES string of the molecule is CN1C2CCC1[C@H]1[C@H](O)c3cc(F)ccc3[C@H]1C2. The lowest BCUT2D eigenvalue weighted by Crippen LogP contribution is -2.45. The van der Waals surface area contributed by atoms with Gasteiger partial charge in [0.1, 0.15) is 5.82 Å². The lowest BCUT2D eigenvalue weighted by atomic mass is 9.80. The predicted octanol–water partition coefficient (Wildman–Crippen LogP) is 2.44. The molecule has 2 nitrogen and oxygen atoms in total. The van der Waals surface area contributed by atoms with Crippen molar-refractivity contribution in [1.82, 2.24) is 4.90 Å². The molecule has 1 N–H and O–H groups in total. The average molecular weight is 247 g/mol. The van der Waals surface area contributed by atoms with E-state index in [4.69, 9.17) is 0 Å². The Hall–Kier alpha value is -0.930. The van der Waals surface area contributed by atoms with Crippen LogP contribution in [0.25, 0.3) is 0 Å². The van der Waals surface area contributed by atoms with Gasteiger partial charge in [-0.3, -0.25) is 0 Å². The van der Waals surface area contributed by atoms with Gasteiger partial charge in [-0.15, -0.1) is 0 Å². The first-order valence-electron chi connectivity index (χ1n) is 6.86. The normalized spacial score (nSPS) is 41.8. The average Bonchev–Trinajstić information content (AvgIpc) is 2.74. The quantitative estimate of drug-likeness (QED) is 0.761. The van der Waals surface area contributed by atoms with Crippen molar-refractivity contribution in [2.24, 2.45) is 5.92 Å². The number of aliphatic hydroxyl groups is 1.